The lowest BCUT2D eigenvalue weighted by Gasteiger charge is -2.19. The Labute approximate surface area is 157 Å². The molecule has 26 heavy (non-hydrogen) atoms. The third-order valence-electron chi connectivity index (χ3n) is 4.21. The van der Waals surface area contributed by atoms with E-state index in [0.29, 0.717) is 29.5 Å². The highest BCUT2D eigenvalue weighted by Gasteiger charge is 2.30. The maximum atomic E-state index is 12.6. The van der Waals surface area contributed by atoms with Crippen LogP contribution in [0.5, 0.6) is 5.75 Å². The Balaban J connectivity index is 1.64. The Morgan fingerprint density at radius 1 is 1.19 bits per heavy atom. The maximum absolute atomic E-state index is 12.6. The zero-order chi connectivity index (χ0) is 18.7. The molecule has 0 saturated carbocycles. The fraction of sp³-hybridized carbons (Fsp3) is 0.263. The highest BCUT2D eigenvalue weighted by atomic mass is 35.5. The van der Waals surface area contributed by atoms with Crippen LogP contribution in [0.1, 0.15) is 5.56 Å². The number of urea groups is 1. The van der Waals surface area contributed by atoms with Gasteiger partial charge in [-0.3, -0.25) is 9.69 Å². The molecule has 2 aromatic carbocycles. The first-order valence-electron chi connectivity index (χ1n) is 8.24. The third-order valence-corrected chi connectivity index (χ3v) is 4.45. The van der Waals surface area contributed by atoms with Crippen molar-refractivity contribution in [2.45, 2.75) is 6.92 Å². The van der Waals surface area contributed by atoms with Gasteiger partial charge in [0.05, 0.1) is 12.8 Å². The minimum Gasteiger partial charge on any atom is -0.495 e. The van der Waals surface area contributed by atoms with Gasteiger partial charge in [0.2, 0.25) is 5.91 Å². The van der Waals surface area contributed by atoms with Crippen LogP contribution in [0.25, 0.3) is 0 Å². The van der Waals surface area contributed by atoms with Crippen molar-refractivity contribution in [1.82, 2.24) is 4.90 Å². The van der Waals surface area contributed by atoms with E-state index in [2.05, 4.69) is 5.32 Å². The highest BCUT2D eigenvalue weighted by molar-refractivity contribution is 6.31. The number of nitrogens with zero attached hydrogens (tertiary/aromatic N) is 2. The molecule has 0 aromatic heterocycles. The van der Waals surface area contributed by atoms with Crippen molar-refractivity contribution in [3.05, 3.63) is 53.1 Å². The standard InChI is InChI=1S/C19H20ClN3O3/c1-13-3-6-15(7-4-13)23-10-9-22(19(23)25)12-18(24)21-16-11-14(20)5-8-17(16)26-2/h3-8,11H,9-10,12H2,1-2H3,(H,21,24). The molecule has 2 aromatic rings. The van der Waals surface area contributed by atoms with Crippen LogP contribution < -0.4 is 15.0 Å². The predicted molar refractivity (Wildman–Crippen MR) is 102 cm³/mol. The van der Waals surface area contributed by atoms with E-state index in [-0.39, 0.29) is 18.5 Å². The number of nitrogens with one attached hydrogen (secondary N) is 1. The average Bonchev–Trinajstić information content (AvgIpc) is 2.96. The van der Waals surface area contributed by atoms with Crippen molar-refractivity contribution in [2.75, 3.05) is 37.0 Å². The minimum absolute atomic E-state index is 0.0309. The van der Waals surface area contributed by atoms with Gasteiger partial charge in [0, 0.05) is 23.8 Å². The van der Waals surface area contributed by atoms with Crippen molar-refractivity contribution >= 4 is 34.9 Å². The van der Waals surface area contributed by atoms with Gasteiger partial charge in [0.1, 0.15) is 12.3 Å². The van der Waals surface area contributed by atoms with E-state index in [4.69, 9.17) is 16.3 Å². The Morgan fingerprint density at radius 2 is 1.92 bits per heavy atom. The van der Waals surface area contributed by atoms with E-state index in [1.54, 1.807) is 23.1 Å². The number of aryl methyl sites for hydroxylation is 1. The molecular formula is C19H20ClN3O3. The molecule has 1 aliphatic heterocycles. The average molecular weight is 374 g/mol. The summed E-state index contributed by atoms with van der Waals surface area (Å²) in [6, 6.07) is 12.5. The van der Waals surface area contributed by atoms with Crippen molar-refractivity contribution in [3.63, 3.8) is 0 Å². The number of carbonyl (C=O) groups excluding carboxylic acids is 2. The summed E-state index contributed by atoms with van der Waals surface area (Å²) in [6.07, 6.45) is 0. The summed E-state index contributed by atoms with van der Waals surface area (Å²) in [4.78, 5) is 28.1. The smallest absolute Gasteiger partial charge is 0.325 e. The molecule has 3 rings (SSSR count). The monoisotopic (exact) mass is 373 g/mol. The first-order chi connectivity index (χ1) is 12.5. The summed E-state index contributed by atoms with van der Waals surface area (Å²) in [7, 11) is 1.52. The summed E-state index contributed by atoms with van der Waals surface area (Å²) in [5.41, 5.74) is 2.44. The quantitative estimate of drug-likeness (QED) is 0.872. The lowest BCUT2D eigenvalue weighted by atomic mass is 10.2. The summed E-state index contributed by atoms with van der Waals surface area (Å²) < 4.78 is 5.21. The number of rotatable bonds is 5. The molecule has 6 nitrogen and oxygen atoms in total. The second-order valence-electron chi connectivity index (χ2n) is 6.08. The van der Waals surface area contributed by atoms with Gasteiger partial charge in [-0.05, 0) is 37.3 Å². The van der Waals surface area contributed by atoms with Gasteiger partial charge in [0.15, 0.2) is 0 Å². The summed E-state index contributed by atoms with van der Waals surface area (Å²) in [5.74, 6) is 0.210. The third kappa shape index (κ3) is 3.91. The summed E-state index contributed by atoms with van der Waals surface area (Å²) in [6.45, 7) is 3.01. The van der Waals surface area contributed by atoms with E-state index in [1.165, 1.54) is 12.0 Å². The molecule has 0 radical (unpaired) electrons. The number of methoxy groups -OCH3 is 1. The lowest BCUT2D eigenvalue weighted by Crippen LogP contribution is -2.37. The molecule has 1 aliphatic rings. The molecule has 1 saturated heterocycles. The molecule has 3 amide bonds. The van der Waals surface area contributed by atoms with E-state index in [9.17, 15) is 9.59 Å². The van der Waals surface area contributed by atoms with Gasteiger partial charge < -0.3 is 15.0 Å². The van der Waals surface area contributed by atoms with Crippen LogP contribution in [0.4, 0.5) is 16.2 Å². The number of benzene rings is 2. The minimum atomic E-state index is -0.301. The normalized spacial score (nSPS) is 13.9. The SMILES string of the molecule is COc1ccc(Cl)cc1NC(=O)CN1CCN(c2ccc(C)cc2)C1=O. The second-order valence-corrected chi connectivity index (χ2v) is 6.52. The van der Waals surface area contributed by atoms with Gasteiger partial charge in [-0.15, -0.1) is 0 Å². The largest absolute Gasteiger partial charge is 0.495 e. The van der Waals surface area contributed by atoms with Crippen LogP contribution in [0, 0.1) is 6.92 Å². The molecule has 0 atom stereocenters. The predicted octanol–water partition coefficient (Wildman–Crippen LogP) is 3.54. The lowest BCUT2D eigenvalue weighted by molar-refractivity contribution is -0.116. The molecule has 0 unspecified atom stereocenters. The molecule has 0 aliphatic carbocycles. The topological polar surface area (TPSA) is 61.9 Å². The first kappa shape index (κ1) is 18.1. The number of halogens is 1. The highest BCUT2D eigenvalue weighted by Crippen LogP contribution is 2.28. The van der Waals surface area contributed by atoms with Gasteiger partial charge >= 0.3 is 6.03 Å². The van der Waals surface area contributed by atoms with E-state index >= 15 is 0 Å². The van der Waals surface area contributed by atoms with E-state index < -0.39 is 0 Å². The van der Waals surface area contributed by atoms with Crippen LogP contribution in [0.15, 0.2) is 42.5 Å². The van der Waals surface area contributed by atoms with Gasteiger partial charge in [0.25, 0.3) is 0 Å². The van der Waals surface area contributed by atoms with Crippen molar-refractivity contribution in [3.8, 4) is 5.75 Å². The Kier molecular flexibility index (Phi) is 5.32. The van der Waals surface area contributed by atoms with Gasteiger partial charge in [-0.25, -0.2) is 4.79 Å². The summed E-state index contributed by atoms with van der Waals surface area (Å²) in [5, 5.41) is 3.24. The molecule has 7 heteroatoms. The van der Waals surface area contributed by atoms with E-state index in [1.807, 2.05) is 31.2 Å². The molecule has 136 valence electrons. The second kappa shape index (κ2) is 7.66. The van der Waals surface area contributed by atoms with Crippen LogP contribution in [0.2, 0.25) is 5.02 Å². The van der Waals surface area contributed by atoms with Gasteiger partial charge in [-0.2, -0.15) is 0 Å². The molecule has 1 N–H and O–H groups in total. The van der Waals surface area contributed by atoms with Crippen molar-refractivity contribution in [1.29, 1.82) is 0 Å². The van der Waals surface area contributed by atoms with Crippen LogP contribution in [-0.4, -0.2) is 43.6 Å². The number of hydrogen-bond donors (Lipinski definition) is 1. The maximum Gasteiger partial charge on any atom is 0.325 e. The number of amides is 3. The fourth-order valence-corrected chi connectivity index (χ4v) is 3.01. The van der Waals surface area contributed by atoms with E-state index in [0.717, 1.165) is 11.3 Å². The van der Waals surface area contributed by atoms with Crippen molar-refractivity contribution in [2.24, 2.45) is 0 Å². The number of ether oxygens (including phenoxy) is 1. The van der Waals surface area contributed by atoms with Crippen LogP contribution in [-0.2, 0) is 4.79 Å². The molecule has 1 heterocycles. The number of carbonyl (C=O) groups is 2. The summed E-state index contributed by atoms with van der Waals surface area (Å²) >= 11 is 5.97. The Hall–Kier alpha value is -2.73. The fourth-order valence-electron chi connectivity index (χ4n) is 2.83. The zero-order valence-corrected chi connectivity index (χ0v) is 15.4. The molecule has 0 spiro atoms. The molecule has 1 fully saturated rings. The number of anilines is 2. The Bertz CT molecular complexity index is 823. The first-order valence-corrected chi connectivity index (χ1v) is 8.62. The Morgan fingerprint density at radius 3 is 2.62 bits per heavy atom. The number of hydrogen-bond acceptors (Lipinski definition) is 3. The van der Waals surface area contributed by atoms with Crippen LogP contribution >= 0.6 is 11.6 Å². The molecule has 0 bridgehead atoms. The zero-order valence-electron chi connectivity index (χ0n) is 14.7. The van der Waals surface area contributed by atoms with Crippen LogP contribution in [0.3, 0.4) is 0 Å². The van der Waals surface area contributed by atoms with Crippen molar-refractivity contribution < 1.29 is 14.3 Å². The van der Waals surface area contributed by atoms with Gasteiger partial charge in [-0.1, -0.05) is 29.3 Å². The molecular weight excluding hydrogens is 354 g/mol.